The van der Waals surface area contributed by atoms with Gasteiger partial charge in [0.15, 0.2) is 0 Å². The first kappa shape index (κ1) is 24.4. The molecule has 2 N–H and O–H groups in total. The number of ether oxygens (including phenoxy) is 2. The number of anilines is 1. The van der Waals surface area contributed by atoms with Gasteiger partial charge in [0, 0.05) is 30.3 Å². The van der Waals surface area contributed by atoms with Gasteiger partial charge in [-0.2, -0.15) is 0 Å². The molecule has 9 heteroatoms. The minimum Gasteiger partial charge on any atom is -0.494 e. The summed E-state index contributed by atoms with van der Waals surface area (Å²) in [6.07, 6.45) is -0.845. The molecule has 1 heterocycles. The van der Waals surface area contributed by atoms with E-state index in [1.165, 1.54) is 7.11 Å². The minimum atomic E-state index is -1.26. The van der Waals surface area contributed by atoms with Crippen molar-refractivity contribution in [2.24, 2.45) is 0 Å². The Hall–Kier alpha value is -3.20. The highest BCUT2D eigenvalue weighted by atomic mass is 19.1. The number of carbonyl (C=O) groups excluding carboxylic acids is 1. The van der Waals surface area contributed by atoms with Crippen LogP contribution in [0.2, 0.25) is 0 Å². The smallest absolute Gasteiger partial charge is 0.408 e. The molecular weight excluding hydrogens is 434 g/mol. The van der Waals surface area contributed by atoms with Crippen LogP contribution in [0.25, 0.3) is 0 Å². The van der Waals surface area contributed by atoms with E-state index >= 15 is 0 Å². The zero-order valence-corrected chi connectivity index (χ0v) is 19.1. The van der Waals surface area contributed by atoms with Crippen molar-refractivity contribution < 1.29 is 33.0 Å². The number of nitrogens with zero attached hydrogens (tertiary/aromatic N) is 1. The zero-order valence-electron chi connectivity index (χ0n) is 19.1. The maximum absolute atomic E-state index is 14.8. The molecule has 2 aromatic rings. The van der Waals surface area contributed by atoms with E-state index in [1.54, 1.807) is 32.0 Å². The van der Waals surface area contributed by atoms with Gasteiger partial charge in [-0.1, -0.05) is 19.9 Å². The second-order valence-electron chi connectivity index (χ2n) is 8.54. The largest absolute Gasteiger partial charge is 0.494 e. The summed E-state index contributed by atoms with van der Waals surface area (Å²) in [6.45, 7) is 5.82. The van der Waals surface area contributed by atoms with Crippen molar-refractivity contribution in [2.45, 2.75) is 38.6 Å². The van der Waals surface area contributed by atoms with Crippen LogP contribution in [0.1, 0.15) is 43.5 Å². The molecule has 0 radical (unpaired) electrons. The first-order chi connectivity index (χ1) is 15.6. The van der Waals surface area contributed by atoms with Crippen LogP contribution in [0.5, 0.6) is 5.75 Å². The average molecular weight is 462 g/mol. The van der Waals surface area contributed by atoms with E-state index < -0.39 is 35.1 Å². The number of carbonyl (C=O) groups is 2. The Kier molecular flexibility index (Phi) is 7.22. The second kappa shape index (κ2) is 9.74. The van der Waals surface area contributed by atoms with Crippen molar-refractivity contribution in [2.75, 3.05) is 32.2 Å². The van der Waals surface area contributed by atoms with Gasteiger partial charge in [-0.15, -0.1) is 0 Å². The summed E-state index contributed by atoms with van der Waals surface area (Å²) in [7, 11) is 1.44. The number of halogens is 2. The van der Waals surface area contributed by atoms with E-state index in [2.05, 4.69) is 5.32 Å². The molecule has 0 aromatic heterocycles. The highest BCUT2D eigenvalue weighted by Crippen LogP contribution is 2.35. The third-order valence-electron chi connectivity index (χ3n) is 5.64. The summed E-state index contributed by atoms with van der Waals surface area (Å²) in [4.78, 5) is 26.0. The molecule has 0 spiro atoms. The molecule has 33 heavy (non-hydrogen) atoms. The first-order valence-electron chi connectivity index (χ1n) is 10.6. The number of hydrogen-bond donors (Lipinski definition) is 2. The molecule has 0 fully saturated rings. The molecule has 0 saturated heterocycles. The molecule has 3 rings (SSSR count). The van der Waals surface area contributed by atoms with Gasteiger partial charge in [0.05, 0.1) is 13.2 Å². The molecule has 1 aliphatic rings. The predicted octanol–water partition coefficient (Wildman–Crippen LogP) is 4.50. The van der Waals surface area contributed by atoms with Crippen molar-refractivity contribution in [3.8, 4) is 5.75 Å². The minimum absolute atomic E-state index is 0.0999. The Bertz CT molecular complexity index is 1030. The monoisotopic (exact) mass is 462 g/mol. The summed E-state index contributed by atoms with van der Waals surface area (Å²) in [5, 5.41) is 12.1. The summed E-state index contributed by atoms with van der Waals surface area (Å²) in [6, 6.07) is 5.99. The van der Waals surface area contributed by atoms with Crippen molar-refractivity contribution in [3.63, 3.8) is 0 Å². The highest BCUT2D eigenvalue weighted by molar-refractivity contribution is 5.97. The number of rotatable bonds is 7. The second-order valence-corrected chi connectivity index (χ2v) is 8.54. The van der Waals surface area contributed by atoms with Crippen LogP contribution >= 0.6 is 0 Å². The molecule has 1 atom stereocenters. The Labute approximate surface area is 191 Å². The summed E-state index contributed by atoms with van der Waals surface area (Å²) in [5.74, 6) is -1.73. The molecular formula is C24H28F2N2O5. The number of benzene rings is 2. The van der Waals surface area contributed by atoms with Crippen LogP contribution in [-0.4, -0.2) is 48.9 Å². The SMILES string of the molecule is CCOc1ccc2c(c1)CCN(C(=O)O)[C@H]2C(=O)Nc1cc(F)c(C(C)(C)COC)c(F)c1. The maximum atomic E-state index is 14.8. The average Bonchev–Trinajstić information content (AvgIpc) is 2.72. The molecule has 178 valence electrons. The van der Waals surface area contributed by atoms with Gasteiger partial charge in [-0.3, -0.25) is 9.69 Å². The molecule has 0 saturated carbocycles. The quantitative estimate of drug-likeness (QED) is 0.633. The molecule has 2 amide bonds. The first-order valence-corrected chi connectivity index (χ1v) is 10.6. The lowest BCUT2D eigenvalue weighted by Crippen LogP contribution is -2.44. The van der Waals surface area contributed by atoms with Gasteiger partial charge in [-0.25, -0.2) is 13.6 Å². The zero-order chi connectivity index (χ0) is 24.3. The summed E-state index contributed by atoms with van der Waals surface area (Å²) < 4.78 is 40.2. The standard InChI is InChI=1S/C24H28F2N2O5/c1-5-33-16-6-7-17-14(10-16)8-9-28(23(30)31)21(17)22(29)27-15-11-18(25)20(19(26)12-15)24(2,3)13-32-4/h6-7,10-12,21H,5,8-9,13H2,1-4H3,(H,27,29)(H,30,31)/t21-/m1/s1. The van der Waals surface area contributed by atoms with Crippen molar-refractivity contribution in [1.82, 2.24) is 4.90 Å². The lowest BCUT2D eigenvalue weighted by molar-refractivity contribution is -0.121. The Balaban J connectivity index is 1.93. The van der Waals surface area contributed by atoms with Crippen molar-refractivity contribution >= 4 is 17.7 Å². The normalized spacial score (nSPS) is 15.7. The third-order valence-corrected chi connectivity index (χ3v) is 5.64. The maximum Gasteiger partial charge on any atom is 0.408 e. The molecule has 2 aromatic carbocycles. The molecule has 0 unspecified atom stereocenters. The van der Waals surface area contributed by atoms with Crippen LogP contribution in [0.15, 0.2) is 30.3 Å². The predicted molar refractivity (Wildman–Crippen MR) is 119 cm³/mol. The number of fused-ring (bicyclic) bond motifs is 1. The number of methoxy groups -OCH3 is 1. The van der Waals surface area contributed by atoms with Gasteiger partial charge in [-0.05, 0) is 48.7 Å². The molecule has 1 aliphatic heterocycles. The molecule has 0 bridgehead atoms. The van der Waals surface area contributed by atoms with E-state index in [9.17, 15) is 23.5 Å². The van der Waals surface area contributed by atoms with Crippen LogP contribution < -0.4 is 10.1 Å². The number of carboxylic acid groups (broad SMARTS) is 1. The fourth-order valence-corrected chi connectivity index (χ4v) is 4.28. The van der Waals surface area contributed by atoms with Gasteiger partial charge in [0.25, 0.3) is 5.91 Å². The molecule has 7 nitrogen and oxygen atoms in total. The fourth-order valence-electron chi connectivity index (χ4n) is 4.28. The highest BCUT2D eigenvalue weighted by Gasteiger charge is 2.37. The summed E-state index contributed by atoms with van der Waals surface area (Å²) >= 11 is 0. The lowest BCUT2D eigenvalue weighted by atomic mass is 9.84. The molecule has 0 aliphatic carbocycles. The number of nitrogens with one attached hydrogen (secondary N) is 1. The van der Waals surface area contributed by atoms with Crippen LogP contribution in [-0.2, 0) is 21.4 Å². The topological polar surface area (TPSA) is 88.1 Å². The van der Waals surface area contributed by atoms with E-state index in [-0.39, 0.29) is 24.4 Å². The van der Waals surface area contributed by atoms with Gasteiger partial charge < -0.3 is 19.9 Å². The van der Waals surface area contributed by atoms with Crippen molar-refractivity contribution in [3.05, 3.63) is 58.7 Å². The van der Waals surface area contributed by atoms with Crippen LogP contribution in [0.4, 0.5) is 19.3 Å². The Morgan fingerprint density at radius 3 is 2.45 bits per heavy atom. The van der Waals surface area contributed by atoms with E-state index in [1.807, 2.05) is 6.92 Å². The van der Waals surface area contributed by atoms with Crippen LogP contribution in [0.3, 0.4) is 0 Å². The van der Waals surface area contributed by atoms with Gasteiger partial charge in [0.2, 0.25) is 0 Å². The van der Waals surface area contributed by atoms with Gasteiger partial charge >= 0.3 is 6.09 Å². The Morgan fingerprint density at radius 2 is 1.88 bits per heavy atom. The number of hydrogen-bond acceptors (Lipinski definition) is 4. The van der Waals surface area contributed by atoms with E-state index in [0.29, 0.717) is 24.3 Å². The van der Waals surface area contributed by atoms with Gasteiger partial charge in [0.1, 0.15) is 23.4 Å². The fraction of sp³-hybridized carbons (Fsp3) is 0.417. The third kappa shape index (κ3) is 5.08. The van der Waals surface area contributed by atoms with Crippen LogP contribution in [0, 0.1) is 11.6 Å². The Morgan fingerprint density at radius 1 is 1.21 bits per heavy atom. The summed E-state index contributed by atoms with van der Waals surface area (Å²) in [5.41, 5.74) is 0.110. The van der Waals surface area contributed by atoms with E-state index in [0.717, 1.165) is 22.6 Å². The lowest BCUT2D eigenvalue weighted by Gasteiger charge is -2.34. The van der Waals surface area contributed by atoms with Crippen molar-refractivity contribution in [1.29, 1.82) is 0 Å². The van der Waals surface area contributed by atoms with E-state index in [4.69, 9.17) is 9.47 Å². The number of amides is 2.